The van der Waals surface area contributed by atoms with Crippen LogP contribution in [0.3, 0.4) is 0 Å². The summed E-state index contributed by atoms with van der Waals surface area (Å²) in [6, 6.07) is 6.33. The highest BCUT2D eigenvalue weighted by Crippen LogP contribution is 2.18. The fraction of sp³-hybridized carbons (Fsp3) is 0.550. The normalized spacial score (nSPS) is 22.5. The lowest BCUT2D eigenvalue weighted by Crippen LogP contribution is -2.45. The first-order chi connectivity index (χ1) is 12.2. The maximum Gasteiger partial charge on any atom is 0.252 e. The summed E-state index contributed by atoms with van der Waals surface area (Å²) < 4.78 is 7.49. The lowest BCUT2D eigenvalue weighted by atomic mass is 10.0. The molecule has 2 fully saturated rings. The van der Waals surface area contributed by atoms with Gasteiger partial charge in [0, 0.05) is 50.2 Å². The lowest BCUT2D eigenvalue weighted by Gasteiger charge is -2.33. The van der Waals surface area contributed by atoms with Gasteiger partial charge in [0.1, 0.15) is 0 Å². The Labute approximate surface area is 149 Å². The number of pyridine rings is 1. The molecule has 25 heavy (non-hydrogen) atoms. The number of piperidine rings is 1. The van der Waals surface area contributed by atoms with E-state index in [-0.39, 0.29) is 11.9 Å². The molecule has 1 amide bonds. The Hall–Kier alpha value is -1.85. The minimum Gasteiger partial charge on any atom is -0.381 e. The van der Waals surface area contributed by atoms with Gasteiger partial charge in [0.25, 0.3) is 5.91 Å². The molecule has 0 aromatic carbocycles. The smallest absolute Gasteiger partial charge is 0.252 e. The highest BCUT2D eigenvalue weighted by molar-refractivity contribution is 5.94. The number of aryl methyl sites for hydroxylation is 1. The van der Waals surface area contributed by atoms with E-state index in [0.717, 1.165) is 56.8 Å². The Kier molecular flexibility index (Phi) is 4.77. The fourth-order valence-electron chi connectivity index (χ4n) is 4.01. The van der Waals surface area contributed by atoms with Gasteiger partial charge < -0.3 is 19.4 Å². The van der Waals surface area contributed by atoms with Crippen LogP contribution in [0.4, 0.5) is 0 Å². The third kappa shape index (κ3) is 3.88. The molecule has 0 radical (unpaired) electrons. The third-order valence-corrected chi connectivity index (χ3v) is 5.45. The summed E-state index contributed by atoms with van der Waals surface area (Å²) in [6.07, 6.45) is 7.23. The van der Waals surface area contributed by atoms with Gasteiger partial charge in [-0.25, -0.2) is 0 Å². The fourth-order valence-corrected chi connectivity index (χ4v) is 4.01. The number of aromatic nitrogens is 1. The van der Waals surface area contributed by atoms with E-state index in [1.54, 1.807) is 0 Å². The number of hydrogen-bond donors (Lipinski definition) is 1. The second-order valence-electron chi connectivity index (χ2n) is 7.55. The number of likely N-dealkylation sites (tertiary alicyclic amines) is 1. The van der Waals surface area contributed by atoms with E-state index in [2.05, 4.69) is 29.4 Å². The molecule has 0 bridgehead atoms. The molecule has 5 heteroatoms. The van der Waals surface area contributed by atoms with Crippen molar-refractivity contribution >= 4 is 11.4 Å². The zero-order chi connectivity index (χ0) is 17.2. The molecule has 2 aliphatic heterocycles. The van der Waals surface area contributed by atoms with Crippen LogP contribution in [0.5, 0.6) is 0 Å². The molecule has 2 aromatic rings. The molecule has 2 aromatic heterocycles. The van der Waals surface area contributed by atoms with Gasteiger partial charge in [0.15, 0.2) is 0 Å². The van der Waals surface area contributed by atoms with E-state index in [1.807, 2.05) is 22.7 Å². The predicted molar refractivity (Wildman–Crippen MR) is 98.0 cm³/mol. The number of amides is 1. The van der Waals surface area contributed by atoms with E-state index in [0.29, 0.717) is 5.92 Å². The van der Waals surface area contributed by atoms with E-state index in [1.165, 1.54) is 12.0 Å². The Balaban J connectivity index is 1.30. The number of rotatable bonds is 4. The topological polar surface area (TPSA) is 46.0 Å². The molecule has 134 valence electrons. The van der Waals surface area contributed by atoms with Gasteiger partial charge in [-0.2, -0.15) is 0 Å². The summed E-state index contributed by atoms with van der Waals surface area (Å²) in [6.45, 7) is 7.18. The Morgan fingerprint density at radius 2 is 2.08 bits per heavy atom. The van der Waals surface area contributed by atoms with Crippen LogP contribution in [-0.2, 0) is 4.74 Å². The summed E-state index contributed by atoms with van der Waals surface area (Å²) in [4.78, 5) is 15.1. The van der Waals surface area contributed by atoms with Crippen LogP contribution in [0.15, 0.2) is 30.6 Å². The first-order valence-electron chi connectivity index (χ1n) is 9.37. The first-order valence-corrected chi connectivity index (χ1v) is 9.37. The summed E-state index contributed by atoms with van der Waals surface area (Å²) in [5.74, 6) is 0.735. The average Bonchev–Trinajstić information content (AvgIpc) is 3.24. The van der Waals surface area contributed by atoms with Crippen LogP contribution in [0.1, 0.15) is 35.2 Å². The van der Waals surface area contributed by atoms with Crippen molar-refractivity contribution in [2.45, 2.75) is 32.2 Å². The van der Waals surface area contributed by atoms with Crippen LogP contribution >= 0.6 is 0 Å². The number of fused-ring (bicyclic) bond motifs is 1. The third-order valence-electron chi connectivity index (χ3n) is 5.45. The summed E-state index contributed by atoms with van der Waals surface area (Å²) in [7, 11) is 0. The van der Waals surface area contributed by atoms with Gasteiger partial charge >= 0.3 is 0 Å². The van der Waals surface area contributed by atoms with Gasteiger partial charge in [-0.05, 0) is 55.9 Å². The second kappa shape index (κ2) is 7.18. The van der Waals surface area contributed by atoms with Gasteiger partial charge in [-0.3, -0.25) is 4.79 Å². The predicted octanol–water partition coefficient (Wildman–Crippen LogP) is 2.48. The van der Waals surface area contributed by atoms with Crippen LogP contribution in [0, 0.1) is 12.8 Å². The number of nitrogens with zero attached hydrogens (tertiary/aromatic N) is 2. The van der Waals surface area contributed by atoms with Gasteiger partial charge in [0.05, 0.1) is 12.2 Å². The number of nitrogens with one attached hydrogen (secondary N) is 1. The van der Waals surface area contributed by atoms with Crippen molar-refractivity contribution in [3.63, 3.8) is 0 Å². The molecule has 2 saturated heterocycles. The molecule has 1 atom stereocenters. The molecule has 0 aliphatic carbocycles. The lowest BCUT2D eigenvalue weighted by molar-refractivity contribution is 0.0903. The monoisotopic (exact) mass is 341 g/mol. The molecule has 0 saturated carbocycles. The first kappa shape index (κ1) is 16.6. The Morgan fingerprint density at radius 1 is 1.24 bits per heavy atom. The minimum absolute atomic E-state index is 0.0379. The Bertz CT molecular complexity index is 740. The molecule has 5 nitrogen and oxygen atoms in total. The Morgan fingerprint density at radius 3 is 2.84 bits per heavy atom. The van der Waals surface area contributed by atoms with E-state index in [4.69, 9.17) is 4.74 Å². The number of carbonyl (C=O) groups is 1. The molecular formula is C20H27N3O2. The van der Waals surface area contributed by atoms with Crippen molar-refractivity contribution in [1.29, 1.82) is 0 Å². The average molecular weight is 341 g/mol. The molecule has 0 unspecified atom stereocenters. The maximum atomic E-state index is 12.6. The number of carbonyl (C=O) groups excluding carboxylic acids is 1. The van der Waals surface area contributed by atoms with Crippen molar-refractivity contribution < 1.29 is 9.53 Å². The molecule has 2 aliphatic rings. The molecular weight excluding hydrogens is 314 g/mol. The van der Waals surface area contributed by atoms with Crippen molar-refractivity contribution in [2.24, 2.45) is 5.92 Å². The zero-order valence-corrected chi connectivity index (χ0v) is 14.9. The SMILES string of the molecule is Cc1cc2ccc(C(=O)NC3CCN(C[C@@H]4CCOC4)CC3)cn2c1. The zero-order valence-electron chi connectivity index (χ0n) is 14.9. The molecule has 4 heterocycles. The number of ether oxygens (including phenoxy) is 1. The molecule has 1 N–H and O–H groups in total. The highest BCUT2D eigenvalue weighted by atomic mass is 16.5. The van der Waals surface area contributed by atoms with Crippen LogP contribution in [-0.4, -0.2) is 54.1 Å². The number of hydrogen-bond acceptors (Lipinski definition) is 3. The molecule has 0 spiro atoms. The van der Waals surface area contributed by atoms with E-state index < -0.39 is 0 Å². The molecule has 4 rings (SSSR count). The van der Waals surface area contributed by atoms with Gasteiger partial charge in [-0.1, -0.05) is 0 Å². The highest BCUT2D eigenvalue weighted by Gasteiger charge is 2.24. The summed E-state index contributed by atoms with van der Waals surface area (Å²) in [5, 5.41) is 3.22. The van der Waals surface area contributed by atoms with Crippen molar-refractivity contribution in [3.05, 3.63) is 41.7 Å². The van der Waals surface area contributed by atoms with Gasteiger partial charge in [0.2, 0.25) is 0 Å². The largest absolute Gasteiger partial charge is 0.381 e. The summed E-state index contributed by atoms with van der Waals surface area (Å²) in [5.41, 5.74) is 3.06. The standard InChI is InChI=1S/C20H27N3O2/c1-15-10-19-3-2-17(13-23(19)11-15)20(24)21-18-4-7-22(8-5-18)12-16-6-9-25-14-16/h2-3,10-11,13,16,18H,4-9,12,14H2,1H3,(H,21,24)/t16-/m0/s1. The quantitative estimate of drug-likeness (QED) is 0.929. The van der Waals surface area contributed by atoms with Crippen LogP contribution in [0.25, 0.3) is 5.52 Å². The van der Waals surface area contributed by atoms with Crippen LogP contribution in [0.2, 0.25) is 0 Å². The maximum absolute atomic E-state index is 12.6. The summed E-state index contributed by atoms with van der Waals surface area (Å²) >= 11 is 0. The van der Waals surface area contributed by atoms with Gasteiger partial charge in [-0.15, -0.1) is 0 Å². The second-order valence-corrected chi connectivity index (χ2v) is 7.55. The van der Waals surface area contributed by atoms with Crippen LogP contribution < -0.4 is 5.32 Å². The van der Waals surface area contributed by atoms with E-state index in [9.17, 15) is 4.79 Å². The van der Waals surface area contributed by atoms with Crippen molar-refractivity contribution in [1.82, 2.24) is 14.6 Å². The minimum atomic E-state index is 0.0379. The van der Waals surface area contributed by atoms with E-state index >= 15 is 0 Å². The van der Waals surface area contributed by atoms with Crippen molar-refractivity contribution in [3.8, 4) is 0 Å². The van der Waals surface area contributed by atoms with Crippen molar-refractivity contribution in [2.75, 3.05) is 32.8 Å².